The Kier molecular flexibility index (Phi) is 4.45. The predicted octanol–water partition coefficient (Wildman–Crippen LogP) is 4.32. The first-order valence-corrected chi connectivity index (χ1v) is 5.49. The molecule has 0 aromatic heterocycles. The highest BCUT2D eigenvalue weighted by molar-refractivity contribution is 5.27. The fourth-order valence-corrected chi connectivity index (χ4v) is 1.50. The fourth-order valence-electron chi connectivity index (χ4n) is 1.50. The molecule has 0 aliphatic rings. The quantitative estimate of drug-likeness (QED) is 0.604. The van der Waals surface area contributed by atoms with Crippen molar-refractivity contribution < 1.29 is 0 Å². The van der Waals surface area contributed by atoms with Crippen molar-refractivity contribution in [2.45, 2.75) is 39.0 Å². The Labute approximate surface area is 87.7 Å². The summed E-state index contributed by atoms with van der Waals surface area (Å²) in [5.41, 5.74) is 2.81. The van der Waals surface area contributed by atoms with Gasteiger partial charge in [0.2, 0.25) is 0 Å². The van der Waals surface area contributed by atoms with Gasteiger partial charge >= 0.3 is 0 Å². The Hall–Kier alpha value is -1.04. The van der Waals surface area contributed by atoms with Crippen LogP contribution in [0.5, 0.6) is 0 Å². The molecule has 1 aromatic rings. The molecule has 1 rings (SSSR count). The molecule has 0 saturated carbocycles. The van der Waals surface area contributed by atoms with Crippen molar-refractivity contribution in [3.63, 3.8) is 0 Å². The smallest absolute Gasteiger partial charge is 0.00131 e. The molecule has 0 bridgehead atoms. The molecule has 0 nitrogen and oxygen atoms in total. The van der Waals surface area contributed by atoms with Crippen molar-refractivity contribution in [3.05, 3.63) is 48.0 Å². The van der Waals surface area contributed by atoms with E-state index in [0.29, 0.717) is 5.92 Å². The van der Waals surface area contributed by atoms with Gasteiger partial charge < -0.3 is 0 Å². The number of hydrogen-bond donors (Lipinski definition) is 0. The van der Waals surface area contributed by atoms with Gasteiger partial charge in [0.05, 0.1) is 0 Å². The largest absolute Gasteiger partial charge is 0.102 e. The molecular formula is C14H20. The summed E-state index contributed by atoms with van der Waals surface area (Å²) < 4.78 is 0. The van der Waals surface area contributed by atoms with E-state index in [1.807, 2.05) is 6.08 Å². The number of rotatable bonds is 5. The SMILES string of the molecule is C=CC(C)c1ccc(CCCC)cc1. The predicted molar refractivity (Wildman–Crippen MR) is 63.7 cm³/mol. The monoisotopic (exact) mass is 188 g/mol. The number of hydrogen-bond acceptors (Lipinski definition) is 0. The van der Waals surface area contributed by atoms with Gasteiger partial charge in [-0.3, -0.25) is 0 Å². The fraction of sp³-hybridized carbons (Fsp3) is 0.429. The Balaban J connectivity index is 2.63. The normalized spacial score (nSPS) is 12.4. The van der Waals surface area contributed by atoms with Crippen LogP contribution in [0.2, 0.25) is 0 Å². The molecule has 0 radical (unpaired) electrons. The average Bonchev–Trinajstić information content (AvgIpc) is 2.26. The van der Waals surface area contributed by atoms with Crippen LogP contribution in [-0.4, -0.2) is 0 Å². The maximum Gasteiger partial charge on any atom is -0.00131 e. The first-order chi connectivity index (χ1) is 6.77. The van der Waals surface area contributed by atoms with Gasteiger partial charge in [0.1, 0.15) is 0 Å². The lowest BCUT2D eigenvalue weighted by molar-refractivity contribution is 0.794. The van der Waals surface area contributed by atoms with Crippen LogP contribution in [0.25, 0.3) is 0 Å². The summed E-state index contributed by atoms with van der Waals surface area (Å²) in [6.07, 6.45) is 5.75. The zero-order valence-electron chi connectivity index (χ0n) is 9.29. The third kappa shape index (κ3) is 3.02. The maximum absolute atomic E-state index is 3.81. The molecule has 0 spiro atoms. The summed E-state index contributed by atoms with van der Waals surface area (Å²) in [6.45, 7) is 8.21. The lowest BCUT2D eigenvalue weighted by Crippen LogP contribution is -1.90. The second-order valence-corrected chi connectivity index (χ2v) is 3.87. The highest BCUT2D eigenvalue weighted by atomic mass is 14.0. The third-order valence-electron chi connectivity index (χ3n) is 2.68. The van der Waals surface area contributed by atoms with Crippen LogP contribution in [0.3, 0.4) is 0 Å². The van der Waals surface area contributed by atoms with Crippen LogP contribution in [0.4, 0.5) is 0 Å². The Morgan fingerprint density at radius 1 is 1.29 bits per heavy atom. The number of allylic oxidation sites excluding steroid dienone is 1. The van der Waals surface area contributed by atoms with Gasteiger partial charge in [-0.15, -0.1) is 6.58 Å². The summed E-state index contributed by atoms with van der Waals surface area (Å²) in [7, 11) is 0. The second-order valence-electron chi connectivity index (χ2n) is 3.87. The minimum atomic E-state index is 0.468. The summed E-state index contributed by atoms with van der Waals surface area (Å²) in [5.74, 6) is 0.468. The van der Waals surface area contributed by atoms with Gasteiger partial charge in [-0.2, -0.15) is 0 Å². The van der Waals surface area contributed by atoms with Crippen LogP contribution >= 0.6 is 0 Å². The molecule has 76 valence electrons. The summed E-state index contributed by atoms with van der Waals surface area (Å²) in [4.78, 5) is 0. The van der Waals surface area contributed by atoms with Gasteiger partial charge in [-0.25, -0.2) is 0 Å². The van der Waals surface area contributed by atoms with Crippen LogP contribution < -0.4 is 0 Å². The lowest BCUT2D eigenvalue weighted by atomic mass is 9.99. The molecule has 0 amide bonds. The zero-order valence-corrected chi connectivity index (χ0v) is 9.29. The molecule has 0 N–H and O–H groups in total. The molecule has 0 heterocycles. The van der Waals surface area contributed by atoms with Crippen molar-refractivity contribution in [2.24, 2.45) is 0 Å². The van der Waals surface area contributed by atoms with Crippen molar-refractivity contribution in [3.8, 4) is 0 Å². The minimum Gasteiger partial charge on any atom is -0.102 e. The Morgan fingerprint density at radius 3 is 2.43 bits per heavy atom. The summed E-state index contributed by atoms with van der Waals surface area (Å²) >= 11 is 0. The molecule has 1 atom stereocenters. The maximum atomic E-state index is 3.81. The average molecular weight is 188 g/mol. The van der Waals surface area contributed by atoms with Crippen molar-refractivity contribution in [1.29, 1.82) is 0 Å². The van der Waals surface area contributed by atoms with E-state index in [9.17, 15) is 0 Å². The van der Waals surface area contributed by atoms with Gasteiger partial charge in [0.15, 0.2) is 0 Å². The second kappa shape index (κ2) is 5.64. The molecular weight excluding hydrogens is 168 g/mol. The molecule has 1 unspecified atom stereocenters. The highest BCUT2D eigenvalue weighted by Gasteiger charge is 1.99. The summed E-state index contributed by atoms with van der Waals surface area (Å²) in [5, 5.41) is 0. The van der Waals surface area contributed by atoms with E-state index in [4.69, 9.17) is 0 Å². The molecule has 0 fully saturated rings. The number of benzene rings is 1. The Bertz CT molecular complexity index is 269. The molecule has 0 saturated heterocycles. The topological polar surface area (TPSA) is 0 Å². The lowest BCUT2D eigenvalue weighted by Gasteiger charge is -2.07. The van der Waals surface area contributed by atoms with Crippen molar-refractivity contribution in [2.75, 3.05) is 0 Å². The van der Waals surface area contributed by atoms with Crippen LogP contribution in [0, 0.1) is 0 Å². The van der Waals surface area contributed by atoms with Gasteiger partial charge in [-0.05, 0) is 29.9 Å². The highest BCUT2D eigenvalue weighted by Crippen LogP contribution is 2.17. The van der Waals surface area contributed by atoms with E-state index >= 15 is 0 Å². The van der Waals surface area contributed by atoms with Crippen LogP contribution in [0.15, 0.2) is 36.9 Å². The Morgan fingerprint density at radius 2 is 1.93 bits per heavy atom. The minimum absolute atomic E-state index is 0.468. The molecule has 0 aliphatic heterocycles. The standard InChI is InChI=1S/C14H20/c1-4-6-7-13-8-10-14(11-9-13)12(3)5-2/h5,8-12H,2,4,6-7H2,1,3H3. The van der Waals surface area contributed by atoms with E-state index in [2.05, 4.69) is 44.7 Å². The van der Waals surface area contributed by atoms with Gasteiger partial charge in [-0.1, -0.05) is 50.6 Å². The van der Waals surface area contributed by atoms with Gasteiger partial charge in [0.25, 0.3) is 0 Å². The first kappa shape index (κ1) is 11.0. The zero-order chi connectivity index (χ0) is 10.4. The number of unbranched alkanes of at least 4 members (excludes halogenated alkanes) is 1. The van der Waals surface area contributed by atoms with Crippen molar-refractivity contribution in [1.82, 2.24) is 0 Å². The van der Waals surface area contributed by atoms with E-state index < -0.39 is 0 Å². The van der Waals surface area contributed by atoms with E-state index in [0.717, 1.165) is 0 Å². The van der Waals surface area contributed by atoms with Crippen LogP contribution in [-0.2, 0) is 6.42 Å². The third-order valence-corrected chi connectivity index (χ3v) is 2.68. The van der Waals surface area contributed by atoms with Crippen LogP contribution in [0.1, 0.15) is 43.7 Å². The van der Waals surface area contributed by atoms with E-state index in [-0.39, 0.29) is 0 Å². The van der Waals surface area contributed by atoms with E-state index in [1.54, 1.807) is 0 Å². The molecule has 0 aliphatic carbocycles. The molecule has 14 heavy (non-hydrogen) atoms. The van der Waals surface area contributed by atoms with E-state index in [1.165, 1.54) is 30.4 Å². The molecule has 0 heteroatoms. The number of aryl methyl sites for hydroxylation is 1. The van der Waals surface area contributed by atoms with Gasteiger partial charge in [0, 0.05) is 0 Å². The van der Waals surface area contributed by atoms with Crippen molar-refractivity contribution >= 4 is 0 Å². The molecule has 1 aromatic carbocycles. The summed E-state index contributed by atoms with van der Waals surface area (Å²) in [6, 6.07) is 8.92. The first-order valence-electron chi connectivity index (χ1n) is 5.49.